The first-order valence-electron chi connectivity index (χ1n) is 5.89. The number of methoxy groups -OCH3 is 1. The minimum atomic E-state index is -3.98. The average molecular weight is 387 g/mol. The molecule has 0 bridgehead atoms. The van der Waals surface area contributed by atoms with Crippen molar-refractivity contribution < 1.29 is 23.1 Å². The molecule has 9 heteroatoms. The molecule has 0 radical (unpaired) electrons. The lowest BCUT2D eigenvalue weighted by Crippen LogP contribution is -2.15. The Morgan fingerprint density at radius 3 is 2.73 bits per heavy atom. The summed E-state index contributed by atoms with van der Waals surface area (Å²) in [5, 5.41) is 8.93. The Morgan fingerprint density at radius 2 is 2.09 bits per heavy atom. The standard InChI is InChI=1S/C13H11BrN2O5S/c1-21-12-11(6-9(14)7-15-12)22(19,20)16-10-4-2-3-8(5-10)13(17)18/h2-7,16H,1H3,(H,17,18). The van der Waals surface area contributed by atoms with Crippen molar-refractivity contribution in [1.29, 1.82) is 0 Å². The number of sulfonamides is 1. The largest absolute Gasteiger partial charge is 0.480 e. The number of pyridine rings is 1. The van der Waals surface area contributed by atoms with Crippen LogP contribution in [0.2, 0.25) is 0 Å². The highest BCUT2D eigenvalue weighted by Crippen LogP contribution is 2.26. The zero-order valence-electron chi connectivity index (χ0n) is 11.3. The summed E-state index contributed by atoms with van der Waals surface area (Å²) in [6.45, 7) is 0. The topological polar surface area (TPSA) is 106 Å². The molecule has 0 spiro atoms. The van der Waals surface area contributed by atoms with Gasteiger partial charge in [0.2, 0.25) is 5.88 Å². The first-order chi connectivity index (χ1) is 10.3. The molecule has 0 saturated carbocycles. The van der Waals surface area contributed by atoms with Crippen molar-refractivity contribution in [3.8, 4) is 5.88 Å². The van der Waals surface area contributed by atoms with Crippen LogP contribution in [0.4, 0.5) is 5.69 Å². The molecule has 0 aliphatic rings. The number of hydrogen-bond acceptors (Lipinski definition) is 5. The lowest BCUT2D eigenvalue weighted by atomic mass is 10.2. The number of anilines is 1. The van der Waals surface area contributed by atoms with Crippen molar-refractivity contribution in [2.45, 2.75) is 4.90 Å². The maximum absolute atomic E-state index is 12.4. The van der Waals surface area contributed by atoms with E-state index >= 15 is 0 Å². The molecule has 0 amide bonds. The molecular formula is C13H11BrN2O5S. The lowest BCUT2D eigenvalue weighted by Gasteiger charge is -2.11. The molecule has 0 saturated heterocycles. The van der Waals surface area contributed by atoms with E-state index in [9.17, 15) is 13.2 Å². The molecule has 22 heavy (non-hydrogen) atoms. The zero-order chi connectivity index (χ0) is 16.3. The molecule has 7 nitrogen and oxygen atoms in total. The second-order valence-corrected chi connectivity index (χ2v) is 6.72. The Labute approximate surface area is 135 Å². The van der Waals surface area contributed by atoms with Crippen molar-refractivity contribution >= 4 is 37.6 Å². The predicted octanol–water partition coefficient (Wildman–Crippen LogP) is 2.35. The molecular weight excluding hydrogens is 376 g/mol. The van der Waals surface area contributed by atoms with Crippen molar-refractivity contribution in [2.75, 3.05) is 11.8 Å². The quantitative estimate of drug-likeness (QED) is 0.816. The van der Waals surface area contributed by atoms with E-state index in [0.717, 1.165) is 0 Å². The third kappa shape index (κ3) is 3.55. The molecule has 1 aromatic heterocycles. The van der Waals surface area contributed by atoms with Gasteiger partial charge in [-0.2, -0.15) is 0 Å². The smallest absolute Gasteiger partial charge is 0.335 e. The number of nitrogens with one attached hydrogen (secondary N) is 1. The molecule has 116 valence electrons. The normalized spacial score (nSPS) is 11.0. The van der Waals surface area contributed by atoms with E-state index in [0.29, 0.717) is 4.47 Å². The van der Waals surface area contributed by atoms with Crippen LogP contribution in [0.25, 0.3) is 0 Å². The van der Waals surface area contributed by atoms with Gasteiger partial charge in [0.05, 0.1) is 12.7 Å². The number of benzene rings is 1. The summed E-state index contributed by atoms with van der Waals surface area (Å²) < 4.78 is 32.5. The van der Waals surface area contributed by atoms with Crippen molar-refractivity contribution in [1.82, 2.24) is 4.98 Å². The van der Waals surface area contributed by atoms with Crippen LogP contribution in [-0.2, 0) is 10.0 Å². The second kappa shape index (κ2) is 6.32. The second-order valence-electron chi connectivity index (χ2n) is 4.15. The van der Waals surface area contributed by atoms with Gasteiger partial charge < -0.3 is 9.84 Å². The summed E-state index contributed by atoms with van der Waals surface area (Å²) in [7, 11) is -2.68. The number of aromatic carboxylic acids is 1. The van der Waals surface area contributed by atoms with E-state index in [2.05, 4.69) is 25.6 Å². The van der Waals surface area contributed by atoms with Crippen LogP contribution in [0.1, 0.15) is 10.4 Å². The third-order valence-electron chi connectivity index (χ3n) is 2.63. The van der Waals surface area contributed by atoms with Gasteiger partial charge in [0, 0.05) is 16.4 Å². The molecule has 2 aromatic rings. The van der Waals surface area contributed by atoms with E-state index in [-0.39, 0.29) is 22.0 Å². The van der Waals surface area contributed by atoms with Crippen LogP contribution in [0.5, 0.6) is 5.88 Å². The lowest BCUT2D eigenvalue weighted by molar-refractivity contribution is 0.0697. The van der Waals surface area contributed by atoms with E-state index in [1.54, 1.807) is 0 Å². The molecule has 0 aliphatic carbocycles. The molecule has 0 unspecified atom stereocenters. The summed E-state index contributed by atoms with van der Waals surface area (Å²) in [5.41, 5.74) is 0.0986. The van der Waals surface area contributed by atoms with E-state index < -0.39 is 16.0 Å². The fourth-order valence-electron chi connectivity index (χ4n) is 1.68. The summed E-state index contributed by atoms with van der Waals surface area (Å²) in [5.74, 6) is -1.21. The van der Waals surface area contributed by atoms with Crippen molar-refractivity contribution in [3.63, 3.8) is 0 Å². The Kier molecular flexibility index (Phi) is 4.67. The molecule has 2 N–H and O–H groups in total. The fourth-order valence-corrected chi connectivity index (χ4v) is 3.36. The highest BCUT2D eigenvalue weighted by Gasteiger charge is 2.21. The van der Waals surface area contributed by atoms with Gasteiger partial charge >= 0.3 is 5.97 Å². The van der Waals surface area contributed by atoms with Crippen molar-refractivity contribution in [2.24, 2.45) is 0 Å². The molecule has 1 heterocycles. The van der Waals surface area contributed by atoms with Crippen LogP contribution in [0, 0.1) is 0 Å². The van der Waals surface area contributed by atoms with Crippen LogP contribution in [0.15, 0.2) is 45.9 Å². The highest BCUT2D eigenvalue weighted by molar-refractivity contribution is 9.10. The van der Waals surface area contributed by atoms with Crippen molar-refractivity contribution in [3.05, 3.63) is 46.6 Å². The zero-order valence-corrected chi connectivity index (χ0v) is 13.7. The Hall–Kier alpha value is -2.13. The van der Waals surface area contributed by atoms with E-state index in [1.165, 1.54) is 43.6 Å². The average Bonchev–Trinajstić information content (AvgIpc) is 2.47. The molecule has 0 aliphatic heterocycles. The number of carbonyl (C=O) groups is 1. The number of ether oxygens (including phenoxy) is 1. The monoisotopic (exact) mass is 386 g/mol. The number of carboxylic acid groups (broad SMARTS) is 1. The third-order valence-corrected chi connectivity index (χ3v) is 4.44. The number of halogens is 1. The Balaban J connectivity index is 2.42. The summed E-state index contributed by atoms with van der Waals surface area (Å²) in [4.78, 5) is 14.6. The van der Waals surface area contributed by atoms with Gasteiger partial charge in [-0.05, 0) is 40.2 Å². The van der Waals surface area contributed by atoms with E-state index in [1.807, 2.05) is 0 Å². The number of hydrogen-bond donors (Lipinski definition) is 2. The first kappa shape index (κ1) is 16.2. The maximum atomic E-state index is 12.4. The fraction of sp³-hybridized carbons (Fsp3) is 0.0769. The molecule has 2 rings (SSSR count). The maximum Gasteiger partial charge on any atom is 0.335 e. The SMILES string of the molecule is COc1ncc(Br)cc1S(=O)(=O)Nc1cccc(C(=O)O)c1. The number of aromatic nitrogens is 1. The van der Waals surface area contributed by atoms with Crippen LogP contribution in [-0.4, -0.2) is 31.6 Å². The first-order valence-corrected chi connectivity index (χ1v) is 8.17. The number of carboxylic acids is 1. The van der Waals surface area contributed by atoms with Gasteiger partial charge in [0.25, 0.3) is 10.0 Å². The minimum absolute atomic E-state index is 0.0282. The van der Waals surface area contributed by atoms with Gasteiger partial charge in [0.1, 0.15) is 0 Å². The number of nitrogens with zero attached hydrogens (tertiary/aromatic N) is 1. The van der Waals surface area contributed by atoms with Crippen LogP contribution < -0.4 is 9.46 Å². The molecule has 0 atom stereocenters. The van der Waals surface area contributed by atoms with Gasteiger partial charge in [0.15, 0.2) is 4.90 Å². The highest BCUT2D eigenvalue weighted by atomic mass is 79.9. The molecule has 1 aromatic carbocycles. The predicted molar refractivity (Wildman–Crippen MR) is 82.7 cm³/mol. The van der Waals surface area contributed by atoms with Crippen LogP contribution in [0.3, 0.4) is 0 Å². The molecule has 0 fully saturated rings. The summed E-state index contributed by atoms with van der Waals surface area (Å²) in [6.07, 6.45) is 1.41. The van der Waals surface area contributed by atoms with Gasteiger partial charge in [-0.1, -0.05) is 6.07 Å². The number of rotatable bonds is 5. The summed E-state index contributed by atoms with van der Waals surface area (Å²) >= 11 is 3.15. The summed E-state index contributed by atoms with van der Waals surface area (Å²) in [6, 6.07) is 6.81. The Morgan fingerprint density at radius 1 is 1.36 bits per heavy atom. The van der Waals surface area contributed by atoms with Gasteiger partial charge in [-0.3, -0.25) is 4.72 Å². The van der Waals surface area contributed by atoms with E-state index in [4.69, 9.17) is 9.84 Å². The Bertz CT molecular complexity index is 823. The minimum Gasteiger partial charge on any atom is -0.480 e. The van der Waals surface area contributed by atoms with Gasteiger partial charge in [-0.15, -0.1) is 0 Å². The van der Waals surface area contributed by atoms with Crippen LogP contribution >= 0.6 is 15.9 Å². The van der Waals surface area contributed by atoms with Gasteiger partial charge in [-0.25, -0.2) is 18.2 Å².